The van der Waals surface area contributed by atoms with Crippen LogP contribution in [-0.2, 0) is 26.2 Å². The summed E-state index contributed by atoms with van der Waals surface area (Å²) in [5.41, 5.74) is 5.49. The second kappa shape index (κ2) is 8.37. The fourth-order valence-corrected chi connectivity index (χ4v) is 4.07. The summed E-state index contributed by atoms with van der Waals surface area (Å²) < 4.78 is 9.00. The van der Waals surface area contributed by atoms with Crippen LogP contribution in [-0.4, -0.2) is 18.3 Å². The van der Waals surface area contributed by atoms with E-state index >= 15 is 0 Å². The van der Waals surface area contributed by atoms with Crippen LogP contribution in [0.25, 0.3) is 0 Å². The van der Waals surface area contributed by atoms with Crippen LogP contribution >= 0.6 is 0 Å². The summed E-state index contributed by atoms with van der Waals surface area (Å²) in [5, 5.41) is 0. The minimum atomic E-state index is 0.881. The van der Waals surface area contributed by atoms with Gasteiger partial charge in [0, 0.05) is 75.8 Å². The summed E-state index contributed by atoms with van der Waals surface area (Å²) in [4.78, 5) is 0. The maximum Gasteiger partial charge on any atom is 0.0473 e. The van der Waals surface area contributed by atoms with E-state index in [9.17, 15) is 0 Å². The molecule has 0 bridgehead atoms. The number of benzene rings is 1. The Labute approximate surface area is 177 Å². The van der Waals surface area contributed by atoms with Crippen molar-refractivity contribution >= 4 is 0 Å². The molecule has 0 aliphatic heterocycles. The highest BCUT2D eigenvalue weighted by molar-refractivity contribution is 5.40. The van der Waals surface area contributed by atoms with Gasteiger partial charge in [0.05, 0.1) is 0 Å². The molecule has 0 aliphatic rings. The molecule has 1 aromatic carbocycles. The van der Waals surface area contributed by atoms with Crippen molar-refractivity contribution in [3.8, 4) is 0 Å². The summed E-state index contributed by atoms with van der Waals surface area (Å²) in [6.07, 6.45) is 17.1. The Morgan fingerprint density at radius 2 is 0.533 bits per heavy atom. The highest BCUT2D eigenvalue weighted by Crippen LogP contribution is 2.22. The molecular formula is C26H26N4. The molecule has 0 saturated carbocycles. The third-order valence-electron chi connectivity index (χ3n) is 5.60. The standard InChI is InChI=1S/C26H26N4/c1-2-10-27(9-1)19-23-17-25(21-29-13-5-6-14-29)26(22-30-15-7-8-16-30)18-24(23)20-28-11-3-4-12-28/h1-18H,19-22H2. The molecule has 4 heterocycles. The van der Waals surface area contributed by atoms with Gasteiger partial charge >= 0.3 is 0 Å². The maximum atomic E-state index is 2.41. The maximum absolute atomic E-state index is 2.41. The average Bonchev–Trinajstić information content (AvgIpc) is 3.54. The zero-order valence-corrected chi connectivity index (χ0v) is 17.0. The van der Waals surface area contributed by atoms with E-state index in [-0.39, 0.29) is 0 Å². The van der Waals surface area contributed by atoms with Crippen molar-refractivity contribution < 1.29 is 0 Å². The third kappa shape index (κ3) is 4.18. The molecule has 0 fully saturated rings. The van der Waals surface area contributed by atoms with Crippen LogP contribution in [0.2, 0.25) is 0 Å². The zero-order valence-electron chi connectivity index (χ0n) is 17.0. The molecule has 150 valence electrons. The van der Waals surface area contributed by atoms with E-state index in [1.54, 1.807) is 0 Å². The molecule has 30 heavy (non-hydrogen) atoms. The number of rotatable bonds is 8. The van der Waals surface area contributed by atoms with E-state index < -0.39 is 0 Å². The predicted octanol–water partition coefficient (Wildman–Crippen LogP) is 5.09. The minimum Gasteiger partial charge on any atom is -0.350 e. The Balaban J connectivity index is 1.57. The Hall–Kier alpha value is -3.66. The van der Waals surface area contributed by atoms with Crippen LogP contribution in [0.1, 0.15) is 22.3 Å². The number of aromatic nitrogens is 4. The highest BCUT2D eigenvalue weighted by atomic mass is 15.0. The highest BCUT2D eigenvalue weighted by Gasteiger charge is 2.12. The van der Waals surface area contributed by atoms with Crippen molar-refractivity contribution in [3.05, 3.63) is 132 Å². The van der Waals surface area contributed by atoms with Gasteiger partial charge in [-0.15, -0.1) is 0 Å². The molecule has 5 aromatic rings. The topological polar surface area (TPSA) is 19.7 Å². The normalized spacial score (nSPS) is 11.2. The lowest BCUT2D eigenvalue weighted by Gasteiger charge is -2.19. The van der Waals surface area contributed by atoms with E-state index in [1.807, 2.05) is 0 Å². The van der Waals surface area contributed by atoms with Crippen LogP contribution in [0, 0.1) is 0 Å². The van der Waals surface area contributed by atoms with Crippen molar-refractivity contribution in [2.75, 3.05) is 0 Å². The molecule has 4 nitrogen and oxygen atoms in total. The van der Waals surface area contributed by atoms with Crippen LogP contribution in [0.3, 0.4) is 0 Å². The number of hydrogen-bond acceptors (Lipinski definition) is 0. The molecule has 0 aliphatic carbocycles. The molecule has 0 N–H and O–H groups in total. The van der Waals surface area contributed by atoms with E-state index in [1.165, 1.54) is 22.3 Å². The second-order valence-corrected chi connectivity index (χ2v) is 7.81. The Kier molecular flexibility index (Phi) is 5.13. The van der Waals surface area contributed by atoms with Crippen molar-refractivity contribution in [1.82, 2.24) is 18.3 Å². The van der Waals surface area contributed by atoms with Crippen molar-refractivity contribution in [1.29, 1.82) is 0 Å². The van der Waals surface area contributed by atoms with E-state index in [4.69, 9.17) is 0 Å². The molecule has 0 amide bonds. The van der Waals surface area contributed by atoms with Gasteiger partial charge < -0.3 is 18.3 Å². The minimum absolute atomic E-state index is 0.881. The lowest BCUT2D eigenvalue weighted by atomic mass is 9.97. The smallest absolute Gasteiger partial charge is 0.0473 e. The molecule has 0 unspecified atom stereocenters. The summed E-state index contributed by atoms with van der Waals surface area (Å²) in [5.74, 6) is 0. The van der Waals surface area contributed by atoms with Gasteiger partial charge in [-0.25, -0.2) is 0 Å². The van der Waals surface area contributed by atoms with Crippen LogP contribution < -0.4 is 0 Å². The third-order valence-corrected chi connectivity index (χ3v) is 5.60. The lowest BCUT2D eigenvalue weighted by Crippen LogP contribution is -2.11. The Bertz CT molecular complexity index is 975. The first-order valence-corrected chi connectivity index (χ1v) is 10.4. The van der Waals surface area contributed by atoms with E-state index in [2.05, 4.69) is 129 Å². The molecule has 0 spiro atoms. The SMILES string of the molecule is c1ccn(Cc2cc(Cn3cccc3)c(Cn3cccc3)cc2Cn2cccc2)c1. The fourth-order valence-electron chi connectivity index (χ4n) is 4.07. The monoisotopic (exact) mass is 394 g/mol. The summed E-state index contributed by atoms with van der Waals surface area (Å²) >= 11 is 0. The second-order valence-electron chi connectivity index (χ2n) is 7.81. The van der Waals surface area contributed by atoms with Gasteiger partial charge in [-0.3, -0.25) is 0 Å². The molecule has 4 heteroatoms. The molecule has 5 rings (SSSR count). The van der Waals surface area contributed by atoms with Gasteiger partial charge in [-0.2, -0.15) is 0 Å². The van der Waals surface area contributed by atoms with Crippen molar-refractivity contribution in [3.63, 3.8) is 0 Å². The molecule has 0 radical (unpaired) electrons. The van der Waals surface area contributed by atoms with Crippen molar-refractivity contribution in [2.45, 2.75) is 26.2 Å². The van der Waals surface area contributed by atoms with Gasteiger partial charge in [-0.05, 0) is 70.8 Å². The van der Waals surface area contributed by atoms with Crippen molar-refractivity contribution in [2.24, 2.45) is 0 Å². The first-order valence-electron chi connectivity index (χ1n) is 10.4. The van der Waals surface area contributed by atoms with E-state index in [0.717, 1.165) is 26.2 Å². The fraction of sp³-hybridized carbons (Fsp3) is 0.154. The molecular weight excluding hydrogens is 368 g/mol. The van der Waals surface area contributed by atoms with Gasteiger partial charge in [0.1, 0.15) is 0 Å². The van der Waals surface area contributed by atoms with Crippen LogP contribution in [0.15, 0.2) is 110 Å². The first-order chi connectivity index (χ1) is 14.8. The summed E-state index contributed by atoms with van der Waals surface area (Å²) in [6.45, 7) is 3.52. The lowest BCUT2D eigenvalue weighted by molar-refractivity contribution is 0.726. The molecule has 0 atom stereocenters. The van der Waals surface area contributed by atoms with Crippen LogP contribution in [0.5, 0.6) is 0 Å². The van der Waals surface area contributed by atoms with E-state index in [0.29, 0.717) is 0 Å². The van der Waals surface area contributed by atoms with Crippen LogP contribution in [0.4, 0.5) is 0 Å². The average molecular weight is 395 g/mol. The number of hydrogen-bond donors (Lipinski definition) is 0. The quantitative estimate of drug-likeness (QED) is 0.349. The Morgan fingerprint density at radius 1 is 0.333 bits per heavy atom. The predicted molar refractivity (Wildman–Crippen MR) is 121 cm³/mol. The zero-order chi connectivity index (χ0) is 20.2. The molecule has 0 saturated heterocycles. The molecule has 4 aromatic heterocycles. The number of nitrogens with zero attached hydrogens (tertiary/aromatic N) is 4. The van der Waals surface area contributed by atoms with Gasteiger partial charge in [0.15, 0.2) is 0 Å². The summed E-state index contributed by atoms with van der Waals surface area (Å²) in [7, 11) is 0. The largest absolute Gasteiger partial charge is 0.350 e. The van der Waals surface area contributed by atoms with Gasteiger partial charge in [-0.1, -0.05) is 12.1 Å². The Morgan fingerprint density at radius 3 is 0.733 bits per heavy atom. The van der Waals surface area contributed by atoms with Gasteiger partial charge in [0.2, 0.25) is 0 Å². The van der Waals surface area contributed by atoms with Gasteiger partial charge in [0.25, 0.3) is 0 Å². The first kappa shape index (κ1) is 18.4. The summed E-state index contributed by atoms with van der Waals surface area (Å²) in [6, 6.07) is 21.5.